The van der Waals surface area contributed by atoms with Gasteiger partial charge in [0.15, 0.2) is 0 Å². The normalized spacial score (nSPS) is 16.5. The second-order valence-electron chi connectivity index (χ2n) is 7.53. The van der Waals surface area contributed by atoms with Gasteiger partial charge in [-0.3, -0.25) is 9.69 Å². The van der Waals surface area contributed by atoms with Gasteiger partial charge >= 0.3 is 0 Å². The molecular formula is C24H32N2O2. The molecule has 4 heteroatoms. The number of hydrogen-bond acceptors (Lipinski definition) is 3. The molecular weight excluding hydrogens is 348 g/mol. The lowest BCUT2D eigenvalue weighted by atomic mass is 9.93. The number of likely N-dealkylation sites (tertiary alicyclic amines) is 1. The third kappa shape index (κ3) is 5.14. The van der Waals surface area contributed by atoms with E-state index in [0.29, 0.717) is 6.54 Å². The van der Waals surface area contributed by atoms with Gasteiger partial charge in [0.1, 0.15) is 5.75 Å². The fourth-order valence-corrected chi connectivity index (χ4v) is 4.10. The number of benzene rings is 2. The summed E-state index contributed by atoms with van der Waals surface area (Å²) in [6.45, 7) is 4.91. The molecule has 28 heavy (non-hydrogen) atoms. The molecule has 1 N–H and O–H groups in total. The number of amides is 1. The van der Waals surface area contributed by atoms with Crippen LogP contribution in [0.15, 0.2) is 54.6 Å². The summed E-state index contributed by atoms with van der Waals surface area (Å²) in [5, 5.41) is 3.26. The summed E-state index contributed by atoms with van der Waals surface area (Å²) in [5.74, 6) is 0.900. The van der Waals surface area contributed by atoms with Gasteiger partial charge in [-0.05, 0) is 55.6 Å². The molecule has 2 unspecified atom stereocenters. The van der Waals surface area contributed by atoms with Crippen LogP contribution in [0.4, 0.5) is 0 Å². The van der Waals surface area contributed by atoms with Crippen LogP contribution >= 0.6 is 0 Å². The van der Waals surface area contributed by atoms with Crippen LogP contribution in [0.2, 0.25) is 0 Å². The molecule has 0 bridgehead atoms. The number of carbonyl (C=O) groups excluding carboxylic acids is 1. The first-order chi connectivity index (χ1) is 13.7. The van der Waals surface area contributed by atoms with Crippen molar-refractivity contribution in [2.24, 2.45) is 0 Å². The molecule has 1 aliphatic heterocycles. The van der Waals surface area contributed by atoms with Gasteiger partial charge in [-0.1, -0.05) is 55.8 Å². The van der Waals surface area contributed by atoms with Crippen molar-refractivity contribution in [3.63, 3.8) is 0 Å². The van der Waals surface area contributed by atoms with Crippen LogP contribution in [-0.4, -0.2) is 37.6 Å². The lowest BCUT2D eigenvalue weighted by Crippen LogP contribution is -2.38. The van der Waals surface area contributed by atoms with Crippen LogP contribution in [0.25, 0.3) is 0 Å². The van der Waals surface area contributed by atoms with E-state index in [2.05, 4.69) is 41.4 Å². The maximum absolute atomic E-state index is 13.1. The molecule has 1 heterocycles. The van der Waals surface area contributed by atoms with E-state index in [9.17, 15) is 4.79 Å². The number of rotatable bonds is 9. The van der Waals surface area contributed by atoms with E-state index in [1.165, 1.54) is 18.4 Å². The highest BCUT2D eigenvalue weighted by Crippen LogP contribution is 2.28. The van der Waals surface area contributed by atoms with Gasteiger partial charge in [0, 0.05) is 6.54 Å². The van der Waals surface area contributed by atoms with Crippen molar-refractivity contribution < 1.29 is 9.53 Å². The Morgan fingerprint density at radius 2 is 1.79 bits per heavy atom. The Morgan fingerprint density at radius 3 is 2.46 bits per heavy atom. The van der Waals surface area contributed by atoms with Crippen LogP contribution in [0, 0.1) is 0 Å². The first kappa shape index (κ1) is 20.4. The van der Waals surface area contributed by atoms with Crippen LogP contribution in [0.3, 0.4) is 0 Å². The predicted molar refractivity (Wildman–Crippen MR) is 114 cm³/mol. The summed E-state index contributed by atoms with van der Waals surface area (Å²) >= 11 is 0. The highest BCUT2D eigenvalue weighted by Gasteiger charge is 2.26. The minimum atomic E-state index is -0.0873. The Bertz CT molecular complexity index is 741. The summed E-state index contributed by atoms with van der Waals surface area (Å²) in [4.78, 5) is 15.5. The van der Waals surface area contributed by atoms with Crippen molar-refractivity contribution in [1.82, 2.24) is 10.2 Å². The van der Waals surface area contributed by atoms with Crippen LogP contribution in [0.1, 0.15) is 55.7 Å². The zero-order valence-corrected chi connectivity index (χ0v) is 17.1. The number of ether oxygens (including phenoxy) is 1. The first-order valence-electron chi connectivity index (χ1n) is 10.4. The van der Waals surface area contributed by atoms with Crippen molar-refractivity contribution in [2.45, 2.75) is 44.6 Å². The number of hydrogen-bond donors (Lipinski definition) is 1. The highest BCUT2D eigenvalue weighted by molar-refractivity contribution is 5.83. The third-order valence-electron chi connectivity index (χ3n) is 5.63. The molecule has 0 aromatic heterocycles. The van der Waals surface area contributed by atoms with E-state index in [1.807, 2.05) is 30.3 Å². The molecule has 0 saturated carbocycles. The summed E-state index contributed by atoms with van der Waals surface area (Å²) in [5.41, 5.74) is 2.30. The van der Waals surface area contributed by atoms with Gasteiger partial charge in [0.05, 0.1) is 19.1 Å². The molecule has 1 saturated heterocycles. The molecule has 2 aromatic rings. The van der Waals surface area contributed by atoms with Gasteiger partial charge in [-0.2, -0.15) is 0 Å². The molecule has 4 nitrogen and oxygen atoms in total. The lowest BCUT2D eigenvalue weighted by molar-refractivity contribution is -0.123. The van der Waals surface area contributed by atoms with E-state index in [1.54, 1.807) is 7.11 Å². The molecule has 2 aromatic carbocycles. The van der Waals surface area contributed by atoms with Crippen LogP contribution < -0.4 is 10.1 Å². The lowest BCUT2D eigenvalue weighted by Gasteiger charge is -2.29. The maximum Gasteiger partial charge on any atom is 0.227 e. The SMILES string of the molecule is CCCC(C(=O)NCC(c1cccc(OC)c1)N1CCCC1)c1ccccc1. The molecule has 3 rings (SSSR count). The van der Waals surface area contributed by atoms with E-state index < -0.39 is 0 Å². The Hall–Kier alpha value is -2.33. The molecule has 1 fully saturated rings. The van der Waals surface area contributed by atoms with Crippen LogP contribution in [-0.2, 0) is 4.79 Å². The van der Waals surface area contributed by atoms with Crippen molar-refractivity contribution in [3.8, 4) is 5.75 Å². The van der Waals surface area contributed by atoms with Gasteiger partial charge in [-0.15, -0.1) is 0 Å². The second kappa shape index (κ2) is 10.3. The molecule has 0 spiro atoms. The molecule has 0 radical (unpaired) electrons. The smallest absolute Gasteiger partial charge is 0.227 e. The fourth-order valence-electron chi connectivity index (χ4n) is 4.10. The van der Waals surface area contributed by atoms with E-state index >= 15 is 0 Å². The van der Waals surface area contributed by atoms with Gasteiger partial charge in [0.2, 0.25) is 5.91 Å². The monoisotopic (exact) mass is 380 g/mol. The minimum Gasteiger partial charge on any atom is -0.497 e. The summed E-state index contributed by atoms with van der Waals surface area (Å²) in [6, 6.07) is 18.5. The maximum atomic E-state index is 13.1. The Kier molecular flexibility index (Phi) is 7.49. The molecule has 1 amide bonds. The number of carbonyl (C=O) groups is 1. The van der Waals surface area contributed by atoms with Gasteiger partial charge < -0.3 is 10.1 Å². The third-order valence-corrected chi connectivity index (χ3v) is 5.63. The van der Waals surface area contributed by atoms with Crippen molar-refractivity contribution in [1.29, 1.82) is 0 Å². The Balaban J connectivity index is 1.74. The number of nitrogens with zero attached hydrogens (tertiary/aromatic N) is 1. The fraction of sp³-hybridized carbons (Fsp3) is 0.458. The summed E-state index contributed by atoms with van der Waals surface area (Å²) in [7, 11) is 1.70. The predicted octanol–water partition coefficient (Wildman–Crippen LogP) is 4.53. The zero-order chi connectivity index (χ0) is 19.8. The largest absolute Gasteiger partial charge is 0.497 e. The molecule has 150 valence electrons. The summed E-state index contributed by atoms with van der Waals surface area (Å²) in [6.07, 6.45) is 4.29. The van der Waals surface area contributed by atoms with Crippen molar-refractivity contribution in [2.75, 3.05) is 26.7 Å². The van der Waals surface area contributed by atoms with Gasteiger partial charge in [0.25, 0.3) is 0 Å². The van der Waals surface area contributed by atoms with Crippen molar-refractivity contribution in [3.05, 3.63) is 65.7 Å². The average molecular weight is 381 g/mol. The average Bonchev–Trinajstić information content (AvgIpc) is 3.27. The van der Waals surface area contributed by atoms with Gasteiger partial charge in [-0.25, -0.2) is 0 Å². The standard InChI is InChI=1S/C24H32N2O2/c1-3-10-22(19-11-5-4-6-12-19)24(27)25-18-23(26-15-7-8-16-26)20-13-9-14-21(17-20)28-2/h4-6,9,11-14,17,22-23H,3,7-8,10,15-16,18H2,1-2H3,(H,25,27). The second-order valence-corrected chi connectivity index (χ2v) is 7.53. The zero-order valence-electron chi connectivity index (χ0n) is 17.1. The van der Waals surface area contributed by atoms with Crippen LogP contribution in [0.5, 0.6) is 5.75 Å². The Labute approximate surface area is 168 Å². The quantitative estimate of drug-likeness (QED) is 0.695. The van der Waals surface area contributed by atoms with E-state index in [-0.39, 0.29) is 17.9 Å². The molecule has 1 aliphatic rings. The first-order valence-corrected chi connectivity index (χ1v) is 10.4. The molecule has 2 atom stereocenters. The molecule has 0 aliphatic carbocycles. The number of methoxy groups -OCH3 is 1. The Morgan fingerprint density at radius 1 is 1.07 bits per heavy atom. The minimum absolute atomic E-state index is 0.0873. The topological polar surface area (TPSA) is 41.6 Å². The van der Waals surface area contributed by atoms with E-state index in [0.717, 1.165) is 37.2 Å². The van der Waals surface area contributed by atoms with Crippen molar-refractivity contribution >= 4 is 5.91 Å². The number of nitrogens with one attached hydrogen (secondary N) is 1. The summed E-state index contributed by atoms with van der Waals surface area (Å²) < 4.78 is 5.42. The highest BCUT2D eigenvalue weighted by atomic mass is 16.5. The van der Waals surface area contributed by atoms with E-state index in [4.69, 9.17) is 4.74 Å².